The van der Waals surface area contributed by atoms with Crippen molar-refractivity contribution in [3.63, 3.8) is 0 Å². The lowest BCUT2D eigenvalue weighted by atomic mass is 10.1. The zero-order valence-corrected chi connectivity index (χ0v) is 8.64. The van der Waals surface area contributed by atoms with Gasteiger partial charge in [0.15, 0.2) is 0 Å². The molecule has 0 saturated heterocycles. The topological polar surface area (TPSA) is 17.1 Å². The molecule has 0 atom stereocenters. The zero-order valence-electron chi connectivity index (χ0n) is 7.82. The van der Waals surface area contributed by atoms with Crippen LogP contribution in [0.3, 0.4) is 0 Å². The first kappa shape index (κ1) is 10.3. The quantitative estimate of drug-likeness (QED) is 0.529. The van der Waals surface area contributed by atoms with Gasteiger partial charge < -0.3 is 4.79 Å². The van der Waals surface area contributed by atoms with Crippen molar-refractivity contribution in [2.45, 2.75) is 24.7 Å². The van der Waals surface area contributed by atoms with Gasteiger partial charge in [-0.3, -0.25) is 0 Å². The van der Waals surface area contributed by atoms with Gasteiger partial charge >= 0.3 is 0 Å². The maximum atomic E-state index is 10.2. The van der Waals surface area contributed by atoms with Crippen molar-refractivity contribution in [2.75, 3.05) is 5.75 Å². The van der Waals surface area contributed by atoms with E-state index in [0.717, 1.165) is 18.5 Å². The van der Waals surface area contributed by atoms with Gasteiger partial charge in [-0.25, -0.2) is 0 Å². The van der Waals surface area contributed by atoms with Crippen molar-refractivity contribution in [2.24, 2.45) is 0 Å². The lowest BCUT2D eigenvalue weighted by molar-refractivity contribution is -0.107. The summed E-state index contributed by atoms with van der Waals surface area (Å²) >= 11 is 1.83. The van der Waals surface area contributed by atoms with Crippen LogP contribution >= 0.6 is 11.8 Å². The minimum Gasteiger partial charge on any atom is -0.303 e. The van der Waals surface area contributed by atoms with Crippen LogP contribution in [0, 0.1) is 0 Å². The highest BCUT2D eigenvalue weighted by atomic mass is 32.2. The summed E-state index contributed by atoms with van der Waals surface area (Å²) in [5, 5.41) is 0. The van der Waals surface area contributed by atoms with E-state index in [0.29, 0.717) is 6.42 Å². The standard InChI is InChI=1S/C11H14OS/c1-2-13-11-7-3-5-10(9-11)6-4-8-12/h3,5,7-9H,2,4,6H2,1H3. The first-order chi connectivity index (χ1) is 6.36. The van der Waals surface area contributed by atoms with E-state index in [-0.39, 0.29) is 0 Å². The highest BCUT2D eigenvalue weighted by Gasteiger charge is 1.95. The molecule has 1 aromatic rings. The number of carbonyl (C=O) groups is 1. The summed E-state index contributed by atoms with van der Waals surface area (Å²) in [6.45, 7) is 2.14. The molecule has 0 fully saturated rings. The van der Waals surface area contributed by atoms with Crippen LogP contribution < -0.4 is 0 Å². The SMILES string of the molecule is CCSc1cccc(CCC=O)c1. The van der Waals surface area contributed by atoms with Gasteiger partial charge in [0.25, 0.3) is 0 Å². The summed E-state index contributed by atoms with van der Waals surface area (Å²) < 4.78 is 0. The Labute approximate surface area is 83.5 Å². The zero-order chi connectivity index (χ0) is 9.52. The number of carbonyl (C=O) groups excluding carboxylic acids is 1. The molecular weight excluding hydrogens is 180 g/mol. The predicted octanol–water partition coefficient (Wildman–Crippen LogP) is 2.93. The van der Waals surface area contributed by atoms with E-state index in [4.69, 9.17) is 0 Å². The number of thioether (sulfide) groups is 1. The van der Waals surface area contributed by atoms with E-state index >= 15 is 0 Å². The molecule has 0 spiro atoms. The van der Waals surface area contributed by atoms with E-state index in [9.17, 15) is 4.79 Å². The third-order valence-corrected chi connectivity index (χ3v) is 2.64. The summed E-state index contributed by atoms with van der Waals surface area (Å²) in [4.78, 5) is 11.5. The summed E-state index contributed by atoms with van der Waals surface area (Å²) in [6.07, 6.45) is 2.46. The fraction of sp³-hybridized carbons (Fsp3) is 0.364. The highest BCUT2D eigenvalue weighted by Crippen LogP contribution is 2.18. The van der Waals surface area contributed by atoms with E-state index < -0.39 is 0 Å². The van der Waals surface area contributed by atoms with Crippen LogP contribution in [-0.4, -0.2) is 12.0 Å². The number of aryl methyl sites for hydroxylation is 1. The van der Waals surface area contributed by atoms with Gasteiger partial charge in [-0.1, -0.05) is 19.1 Å². The molecule has 1 rings (SSSR count). The fourth-order valence-corrected chi connectivity index (χ4v) is 1.93. The molecule has 0 amide bonds. The second kappa shape index (κ2) is 5.81. The van der Waals surface area contributed by atoms with E-state index in [1.165, 1.54) is 10.5 Å². The summed E-state index contributed by atoms with van der Waals surface area (Å²) in [5.41, 5.74) is 1.26. The van der Waals surface area contributed by atoms with Crippen LogP contribution in [0.1, 0.15) is 18.9 Å². The predicted molar refractivity (Wildman–Crippen MR) is 57.2 cm³/mol. The Morgan fingerprint density at radius 1 is 1.46 bits per heavy atom. The van der Waals surface area contributed by atoms with Crippen LogP contribution in [-0.2, 0) is 11.2 Å². The molecular formula is C11H14OS. The molecule has 0 aliphatic heterocycles. The van der Waals surface area contributed by atoms with Gasteiger partial charge in [-0.15, -0.1) is 11.8 Å². The number of aldehydes is 1. The number of hydrogen-bond acceptors (Lipinski definition) is 2. The Morgan fingerprint density at radius 2 is 2.31 bits per heavy atom. The first-order valence-electron chi connectivity index (χ1n) is 4.52. The Kier molecular flexibility index (Phi) is 4.61. The molecule has 0 saturated carbocycles. The van der Waals surface area contributed by atoms with E-state index in [1.54, 1.807) is 0 Å². The van der Waals surface area contributed by atoms with Gasteiger partial charge in [-0.05, 0) is 29.9 Å². The molecule has 0 radical (unpaired) electrons. The van der Waals surface area contributed by atoms with E-state index in [1.807, 2.05) is 11.8 Å². The largest absolute Gasteiger partial charge is 0.303 e. The molecule has 70 valence electrons. The van der Waals surface area contributed by atoms with Gasteiger partial charge in [0.05, 0.1) is 0 Å². The molecule has 0 aromatic heterocycles. The maximum Gasteiger partial charge on any atom is 0.120 e. The Hall–Kier alpha value is -0.760. The van der Waals surface area contributed by atoms with Crippen LogP contribution in [0.5, 0.6) is 0 Å². The Balaban J connectivity index is 2.61. The summed E-state index contributed by atoms with van der Waals surface area (Å²) in [5.74, 6) is 1.09. The van der Waals surface area contributed by atoms with Crippen molar-refractivity contribution in [1.82, 2.24) is 0 Å². The summed E-state index contributed by atoms with van der Waals surface area (Å²) in [6, 6.07) is 8.40. The average Bonchev–Trinajstić information content (AvgIpc) is 2.16. The van der Waals surface area contributed by atoms with Gasteiger partial charge in [0.1, 0.15) is 6.29 Å². The lowest BCUT2D eigenvalue weighted by Gasteiger charge is -2.01. The smallest absolute Gasteiger partial charge is 0.120 e. The molecule has 13 heavy (non-hydrogen) atoms. The van der Waals surface area contributed by atoms with Crippen LogP contribution in [0.25, 0.3) is 0 Å². The van der Waals surface area contributed by atoms with Crippen LogP contribution in [0.2, 0.25) is 0 Å². The van der Waals surface area contributed by atoms with Gasteiger partial charge in [0, 0.05) is 11.3 Å². The van der Waals surface area contributed by atoms with Crippen molar-refractivity contribution in [3.05, 3.63) is 29.8 Å². The molecule has 0 bridgehead atoms. The molecule has 1 nitrogen and oxygen atoms in total. The molecule has 0 aliphatic carbocycles. The third-order valence-electron chi connectivity index (χ3n) is 1.76. The molecule has 1 aromatic carbocycles. The fourth-order valence-electron chi connectivity index (χ4n) is 1.18. The van der Waals surface area contributed by atoms with Crippen LogP contribution in [0.15, 0.2) is 29.2 Å². The molecule has 0 N–H and O–H groups in total. The Bertz CT molecular complexity index is 271. The Morgan fingerprint density at radius 3 is 3.00 bits per heavy atom. The number of hydrogen-bond donors (Lipinski definition) is 0. The second-order valence-corrected chi connectivity index (χ2v) is 4.12. The summed E-state index contributed by atoms with van der Waals surface area (Å²) in [7, 11) is 0. The molecule has 2 heteroatoms. The normalized spacial score (nSPS) is 9.92. The van der Waals surface area contributed by atoms with Crippen molar-refractivity contribution in [3.8, 4) is 0 Å². The highest BCUT2D eigenvalue weighted by molar-refractivity contribution is 7.99. The van der Waals surface area contributed by atoms with Gasteiger partial charge in [0.2, 0.25) is 0 Å². The maximum absolute atomic E-state index is 10.2. The second-order valence-electron chi connectivity index (χ2n) is 2.79. The number of benzene rings is 1. The minimum absolute atomic E-state index is 0.625. The average molecular weight is 194 g/mol. The van der Waals surface area contributed by atoms with Crippen molar-refractivity contribution >= 4 is 18.0 Å². The van der Waals surface area contributed by atoms with E-state index in [2.05, 4.69) is 31.2 Å². The third kappa shape index (κ3) is 3.64. The van der Waals surface area contributed by atoms with Crippen molar-refractivity contribution in [1.29, 1.82) is 0 Å². The van der Waals surface area contributed by atoms with Gasteiger partial charge in [-0.2, -0.15) is 0 Å². The molecule has 0 unspecified atom stereocenters. The van der Waals surface area contributed by atoms with Crippen LogP contribution in [0.4, 0.5) is 0 Å². The number of rotatable bonds is 5. The van der Waals surface area contributed by atoms with Crippen molar-refractivity contribution < 1.29 is 4.79 Å². The lowest BCUT2D eigenvalue weighted by Crippen LogP contribution is -1.86. The monoisotopic (exact) mass is 194 g/mol. The first-order valence-corrected chi connectivity index (χ1v) is 5.50. The minimum atomic E-state index is 0.625. The molecule has 0 heterocycles. The molecule has 0 aliphatic rings.